The molecule has 2 heterocycles. The van der Waals surface area contributed by atoms with E-state index in [-0.39, 0.29) is 5.91 Å². The highest BCUT2D eigenvalue weighted by atomic mass is 35.5. The summed E-state index contributed by atoms with van der Waals surface area (Å²) in [6.45, 7) is 0. The summed E-state index contributed by atoms with van der Waals surface area (Å²) in [6.07, 6.45) is 3.07. The number of halogens is 1. The summed E-state index contributed by atoms with van der Waals surface area (Å²) in [5, 5.41) is 7.48. The van der Waals surface area contributed by atoms with E-state index >= 15 is 0 Å². The second-order valence-electron chi connectivity index (χ2n) is 5.76. The number of amides is 1. The number of rotatable bonds is 4. The van der Waals surface area contributed by atoms with Crippen molar-refractivity contribution in [2.45, 2.75) is 0 Å². The molecule has 0 aliphatic rings. The first-order chi connectivity index (χ1) is 13.2. The number of hydrogen-bond donors (Lipinski definition) is 2. The van der Waals surface area contributed by atoms with Gasteiger partial charge < -0.3 is 10.6 Å². The number of carbonyl (C=O) groups excluding carboxylic acids is 1. The van der Waals surface area contributed by atoms with E-state index in [9.17, 15) is 4.79 Å². The van der Waals surface area contributed by atoms with Crippen LogP contribution in [0.15, 0.2) is 73.2 Å². The molecule has 0 fully saturated rings. The number of carbonyl (C=O) groups is 1. The summed E-state index contributed by atoms with van der Waals surface area (Å²) >= 11 is 6.04. The maximum atomic E-state index is 12.3. The molecule has 27 heavy (non-hydrogen) atoms. The Morgan fingerprint density at radius 3 is 2.63 bits per heavy atom. The van der Waals surface area contributed by atoms with Crippen molar-refractivity contribution in [3.63, 3.8) is 0 Å². The highest BCUT2D eigenvalue weighted by Crippen LogP contribution is 2.27. The summed E-state index contributed by atoms with van der Waals surface area (Å²) in [5.74, 6) is 0.340. The maximum absolute atomic E-state index is 12.3. The SMILES string of the molecule is O=C(Nc1ccc2ncnc(Nc3cccc(Cl)c3)c2c1)c1ccccn1. The second kappa shape index (κ2) is 7.39. The summed E-state index contributed by atoms with van der Waals surface area (Å²) in [4.78, 5) is 25.0. The van der Waals surface area contributed by atoms with Crippen LogP contribution in [-0.4, -0.2) is 20.9 Å². The minimum atomic E-state index is -0.281. The Labute approximate surface area is 160 Å². The van der Waals surface area contributed by atoms with Gasteiger partial charge in [-0.3, -0.25) is 9.78 Å². The fraction of sp³-hybridized carbons (Fsp3) is 0. The van der Waals surface area contributed by atoms with Crippen LogP contribution < -0.4 is 10.6 Å². The van der Waals surface area contributed by atoms with Crippen molar-refractivity contribution >= 4 is 45.6 Å². The molecule has 0 saturated carbocycles. The lowest BCUT2D eigenvalue weighted by Crippen LogP contribution is -2.13. The fourth-order valence-electron chi connectivity index (χ4n) is 2.63. The third kappa shape index (κ3) is 3.86. The number of fused-ring (bicyclic) bond motifs is 1. The van der Waals surface area contributed by atoms with Crippen molar-refractivity contribution in [1.82, 2.24) is 15.0 Å². The average molecular weight is 376 g/mol. The number of nitrogens with one attached hydrogen (secondary N) is 2. The van der Waals surface area contributed by atoms with E-state index in [2.05, 4.69) is 25.6 Å². The normalized spacial score (nSPS) is 10.6. The van der Waals surface area contributed by atoms with Gasteiger partial charge in [-0.25, -0.2) is 9.97 Å². The Morgan fingerprint density at radius 1 is 0.889 bits per heavy atom. The van der Waals surface area contributed by atoms with Crippen molar-refractivity contribution in [3.8, 4) is 0 Å². The van der Waals surface area contributed by atoms with Gasteiger partial charge >= 0.3 is 0 Å². The van der Waals surface area contributed by atoms with Crippen molar-refractivity contribution < 1.29 is 4.79 Å². The standard InChI is InChI=1S/C20H14ClN5O/c21-13-4-3-5-14(10-13)25-19-16-11-15(7-8-17(16)23-12-24-19)26-20(27)18-6-1-2-9-22-18/h1-12H,(H,26,27)(H,23,24,25). The van der Waals surface area contributed by atoms with Crippen LogP contribution in [0.25, 0.3) is 10.9 Å². The second-order valence-corrected chi connectivity index (χ2v) is 6.20. The molecule has 132 valence electrons. The van der Waals surface area contributed by atoms with Gasteiger partial charge in [0, 0.05) is 28.0 Å². The van der Waals surface area contributed by atoms with Gasteiger partial charge in [0.25, 0.3) is 5.91 Å². The highest BCUT2D eigenvalue weighted by Gasteiger charge is 2.10. The highest BCUT2D eigenvalue weighted by molar-refractivity contribution is 6.30. The van der Waals surface area contributed by atoms with Gasteiger partial charge in [0.05, 0.1) is 5.52 Å². The molecule has 2 N–H and O–H groups in total. The molecule has 2 aromatic heterocycles. The summed E-state index contributed by atoms with van der Waals surface area (Å²) in [5.41, 5.74) is 2.54. The van der Waals surface area contributed by atoms with E-state index < -0.39 is 0 Å². The molecule has 4 rings (SSSR count). The van der Waals surface area contributed by atoms with Gasteiger partial charge in [-0.2, -0.15) is 0 Å². The summed E-state index contributed by atoms with van der Waals surface area (Å²) in [6, 6.07) is 18.0. The molecule has 0 aliphatic heterocycles. The Kier molecular flexibility index (Phi) is 4.63. The zero-order valence-corrected chi connectivity index (χ0v) is 14.8. The largest absolute Gasteiger partial charge is 0.340 e. The van der Waals surface area contributed by atoms with Crippen LogP contribution in [0.5, 0.6) is 0 Å². The molecule has 0 unspecified atom stereocenters. The van der Waals surface area contributed by atoms with Crippen LogP contribution in [0.2, 0.25) is 5.02 Å². The van der Waals surface area contributed by atoms with Crippen LogP contribution in [0, 0.1) is 0 Å². The predicted molar refractivity (Wildman–Crippen MR) is 106 cm³/mol. The van der Waals surface area contributed by atoms with Gasteiger partial charge in [0.2, 0.25) is 0 Å². The van der Waals surface area contributed by atoms with Crippen molar-refractivity contribution in [2.75, 3.05) is 10.6 Å². The molecular formula is C20H14ClN5O. The van der Waals surface area contributed by atoms with E-state index in [0.717, 1.165) is 16.6 Å². The maximum Gasteiger partial charge on any atom is 0.274 e. The smallest absolute Gasteiger partial charge is 0.274 e. The lowest BCUT2D eigenvalue weighted by Gasteiger charge is -2.10. The fourth-order valence-corrected chi connectivity index (χ4v) is 2.82. The van der Waals surface area contributed by atoms with E-state index in [1.807, 2.05) is 30.3 Å². The minimum Gasteiger partial charge on any atom is -0.340 e. The molecule has 0 atom stereocenters. The zero-order valence-electron chi connectivity index (χ0n) is 14.1. The van der Waals surface area contributed by atoms with Crippen LogP contribution in [0.1, 0.15) is 10.5 Å². The van der Waals surface area contributed by atoms with Gasteiger partial charge in [0.1, 0.15) is 17.8 Å². The predicted octanol–water partition coefficient (Wildman–Crippen LogP) is 4.67. The number of aromatic nitrogens is 3. The first-order valence-corrected chi connectivity index (χ1v) is 8.56. The van der Waals surface area contributed by atoms with Gasteiger partial charge in [-0.05, 0) is 48.5 Å². The first-order valence-electron chi connectivity index (χ1n) is 8.19. The number of hydrogen-bond acceptors (Lipinski definition) is 5. The lowest BCUT2D eigenvalue weighted by atomic mass is 10.2. The van der Waals surface area contributed by atoms with E-state index in [1.165, 1.54) is 6.33 Å². The molecule has 0 radical (unpaired) electrons. The Morgan fingerprint density at radius 2 is 1.81 bits per heavy atom. The topological polar surface area (TPSA) is 79.8 Å². The number of nitrogens with zero attached hydrogens (tertiary/aromatic N) is 3. The molecule has 0 saturated heterocycles. The lowest BCUT2D eigenvalue weighted by molar-refractivity contribution is 0.102. The average Bonchev–Trinajstić information content (AvgIpc) is 2.69. The molecule has 1 amide bonds. The van der Waals surface area contributed by atoms with E-state index in [0.29, 0.717) is 22.2 Å². The van der Waals surface area contributed by atoms with Gasteiger partial charge in [-0.1, -0.05) is 23.7 Å². The van der Waals surface area contributed by atoms with Crippen LogP contribution in [0.4, 0.5) is 17.2 Å². The minimum absolute atomic E-state index is 0.281. The summed E-state index contributed by atoms with van der Waals surface area (Å²) < 4.78 is 0. The molecule has 6 nitrogen and oxygen atoms in total. The van der Waals surface area contributed by atoms with Gasteiger partial charge in [0.15, 0.2) is 0 Å². The van der Waals surface area contributed by atoms with Gasteiger partial charge in [-0.15, -0.1) is 0 Å². The number of pyridine rings is 1. The third-order valence-electron chi connectivity index (χ3n) is 3.88. The monoisotopic (exact) mass is 375 g/mol. The van der Waals surface area contributed by atoms with E-state index in [1.54, 1.807) is 36.5 Å². The molecule has 0 spiro atoms. The van der Waals surface area contributed by atoms with Crippen molar-refractivity contribution in [2.24, 2.45) is 0 Å². The molecular weight excluding hydrogens is 362 g/mol. The molecule has 4 aromatic rings. The molecule has 0 aliphatic carbocycles. The van der Waals surface area contributed by atoms with E-state index in [4.69, 9.17) is 11.6 Å². The quantitative estimate of drug-likeness (QED) is 0.541. The van der Waals surface area contributed by atoms with Crippen LogP contribution >= 0.6 is 11.6 Å². The number of benzene rings is 2. The Balaban J connectivity index is 1.66. The Hall–Kier alpha value is -3.51. The Bertz CT molecular complexity index is 1120. The van der Waals surface area contributed by atoms with Crippen molar-refractivity contribution in [3.05, 3.63) is 83.9 Å². The first kappa shape index (κ1) is 16.9. The molecule has 0 bridgehead atoms. The third-order valence-corrected chi connectivity index (χ3v) is 4.11. The summed E-state index contributed by atoms with van der Waals surface area (Å²) in [7, 11) is 0. The van der Waals surface area contributed by atoms with Crippen LogP contribution in [0.3, 0.4) is 0 Å². The van der Waals surface area contributed by atoms with Crippen molar-refractivity contribution in [1.29, 1.82) is 0 Å². The molecule has 7 heteroatoms. The molecule has 2 aromatic carbocycles. The zero-order chi connectivity index (χ0) is 18.6. The number of anilines is 3. The van der Waals surface area contributed by atoms with Crippen LogP contribution in [-0.2, 0) is 0 Å².